The molecule has 3 aromatic carbocycles. The van der Waals surface area contributed by atoms with Crippen LogP contribution in [0.25, 0.3) is 22.2 Å². The Balaban J connectivity index is 1.79. The van der Waals surface area contributed by atoms with E-state index in [0.29, 0.717) is 5.75 Å². The van der Waals surface area contributed by atoms with Gasteiger partial charge in [0, 0.05) is 17.2 Å². The fourth-order valence-electron chi connectivity index (χ4n) is 3.79. The number of aromatic hydroxyl groups is 1. The zero-order chi connectivity index (χ0) is 19.5. The monoisotopic (exact) mass is 370 g/mol. The third-order valence-corrected chi connectivity index (χ3v) is 5.17. The lowest BCUT2D eigenvalue weighted by molar-refractivity contribution is -0.907. The van der Waals surface area contributed by atoms with Gasteiger partial charge in [0.05, 0.1) is 12.4 Å². The zero-order valence-corrected chi connectivity index (χ0v) is 16.4. The predicted octanol–water partition coefficient (Wildman–Crippen LogP) is 3.55. The maximum Gasteiger partial charge on any atom is 0.224 e. The van der Waals surface area contributed by atoms with Crippen LogP contribution in [0.2, 0.25) is 0 Å². The predicted molar refractivity (Wildman–Crippen MR) is 113 cm³/mol. The summed E-state index contributed by atoms with van der Waals surface area (Å²) in [7, 11) is 2.17. The molecule has 140 valence electrons. The van der Waals surface area contributed by atoms with Gasteiger partial charge in [-0.15, -0.1) is 0 Å². The minimum Gasteiger partial charge on any atom is -0.506 e. The first-order valence-corrected chi connectivity index (χ1v) is 9.70. The number of hydrogen-bond donors (Lipinski definition) is 2. The van der Waals surface area contributed by atoms with Crippen LogP contribution >= 0.6 is 0 Å². The van der Waals surface area contributed by atoms with Gasteiger partial charge >= 0.3 is 0 Å². The molecule has 1 unspecified atom stereocenters. The summed E-state index contributed by atoms with van der Waals surface area (Å²) in [6.45, 7) is 3.68. The summed E-state index contributed by atoms with van der Waals surface area (Å²) < 4.78 is 0. The van der Waals surface area contributed by atoms with Crippen LogP contribution in [0, 0.1) is 6.92 Å². The lowest BCUT2D eigenvalue weighted by atomic mass is 10.0. The molecule has 0 spiro atoms. The van der Waals surface area contributed by atoms with E-state index in [0.717, 1.165) is 46.4 Å². The van der Waals surface area contributed by atoms with Gasteiger partial charge < -0.3 is 10.0 Å². The second-order valence-corrected chi connectivity index (χ2v) is 7.54. The normalized spacial score (nSPS) is 12.2. The van der Waals surface area contributed by atoms with Crippen molar-refractivity contribution in [1.29, 1.82) is 0 Å². The molecule has 4 aromatic rings. The zero-order valence-electron chi connectivity index (χ0n) is 16.4. The Bertz CT molecular complexity index is 1090. The Morgan fingerprint density at radius 1 is 0.857 bits per heavy atom. The second-order valence-electron chi connectivity index (χ2n) is 7.54. The highest BCUT2D eigenvalue weighted by Gasteiger charge is 2.24. The first-order valence-electron chi connectivity index (χ1n) is 9.70. The van der Waals surface area contributed by atoms with Crippen molar-refractivity contribution in [2.75, 3.05) is 7.05 Å². The number of rotatable bonds is 5. The quantitative estimate of drug-likeness (QED) is 0.554. The number of pyridine rings is 1. The number of benzene rings is 3. The van der Waals surface area contributed by atoms with Crippen molar-refractivity contribution in [3.63, 3.8) is 0 Å². The van der Waals surface area contributed by atoms with E-state index in [1.54, 1.807) is 0 Å². The summed E-state index contributed by atoms with van der Waals surface area (Å²) in [6, 6.07) is 26.9. The Hall–Kier alpha value is -3.17. The van der Waals surface area contributed by atoms with Crippen molar-refractivity contribution in [3.8, 4) is 17.0 Å². The standard InChI is InChI=1S/C25H24N2O/c1-18-13-14-23-21(15-18)25(28)22(24(26-23)20-11-7-4-8-12-20)17-27(2)16-19-9-5-3-6-10-19/h3-15H,16-17H2,1-2H3,(H,26,28)/p+2. The van der Waals surface area contributed by atoms with Crippen LogP contribution in [0.3, 0.4) is 0 Å². The summed E-state index contributed by atoms with van der Waals surface area (Å²) >= 11 is 0. The summed E-state index contributed by atoms with van der Waals surface area (Å²) in [5.74, 6) is 0.378. The second kappa shape index (κ2) is 7.83. The van der Waals surface area contributed by atoms with Gasteiger partial charge in [-0.1, -0.05) is 54.6 Å². The molecule has 1 aromatic heterocycles. The topological polar surface area (TPSA) is 38.8 Å². The summed E-state index contributed by atoms with van der Waals surface area (Å²) in [5.41, 5.74) is 6.41. The minimum atomic E-state index is 0.378. The molecule has 0 saturated heterocycles. The highest BCUT2D eigenvalue weighted by Crippen LogP contribution is 2.32. The van der Waals surface area contributed by atoms with E-state index in [1.807, 2.05) is 36.4 Å². The van der Waals surface area contributed by atoms with E-state index in [2.05, 4.69) is 61.4 Å². The molecule has 0 bridgehead atoms. The third-order valence-electron chi connectivity index (χ3n) is 5.17. The lowest BCUT2D eigenvalue weighted by Gasteiger charge is -2.16. The lowest BCUT2D eigenvalue weighted by Crippen LogP contribution is -3.06. The molecule has 3 N–H and O–H groups in total. The number of aromatic amines is 1. The first kappa shape index (κ1) is 18.2. The van der Waals surface area contributed by atoms with E-state index in [9.17, 15) is 5.11 Å². The molecule has 0 aliphatic carbocycles. The maximum atomic E-state index is 11.2. The Morgan fingerprint density at radius 3 is 2.25 bits per heavy atom. The molecule has 0 amide bonds. The molecule has 0 aliphatic rings. The molecule has 4 rings (SSSR count). The fraction of sp³-hybridized carbons (Fsp3) is 0.160. The van der Waals surface area contributed by atoms with Gasteiger partial charge in [-0.05, 0) is 30.7 Å². The van der Waals surface area contributed by atoms with E-state index in [1.165, 1.54) is 10.5 Å². The molecule has 1 atom stereocenters. The highest BCUT2D eigenvalue weighted by atomic mass is 16.3. The van der Waals surface area contributed by atoms with Crippen molar-refractivity contribution in [2.45, 2.75) is 20.0 Å². The van der Waals surface area contributed by atoms with Crippen molar-refractivity contribution < 1.29 is 15.0 Å². The van der Waals surface area contributed by atoms with Crippen LogP contribution in [-0.2, 0) is 13.1 Å². The van der Waals surface area contributed by atoms with Crippen LogP contribution < -0.4 is 9.88 Å². The molecule has 0 aliphatic heterocycles. The minimum absolute atomic E-state index is 0.378. The molecule has 28 heavy (non-hydrogen) atoms. The Morgan fingerprint density at radius 2 is 1.54 bits per heavy atom. The number of aryl methyl sites for hydroxylation is 1. The molecular weight excluding hydrogens is 344 g/mol. The summed E-state index contributed by atoms with van der Waals surface area (Å²) in [4.78, 5) is 4.89. The number of hydrogen-bond acceptors (Lipinski definition) is 1. The summed E-state index contributed by atoms with van der Waals surface area (Å²) in [6.07, 6.45) is 0. The van der Waals surface area contributed by atoms with Crippen molar-refractivity contribution in [3.05, 3.63) is 95.6 Å². The van der Waals surface area contributed by atoms with E-state index < -0.39 is 0 Å². The maximum absolute atomic E-state index is 11.2. The average molecular weight is 370 g/mol. The number of quaternary nitrogens is 1. The van der Waals surface area contributed by atoms with Crippen LogP contribution in [0.5, 0.6) is 5.75 Å². The molecule has 3 heteroatoms. The van der Waals surface area contributed by atoms with Crippen LogP contribution in [-0.4, -0.2) is 12.2 Å². The smallest absolute Gasteiger partial charge is 0.224 e. The van der Waals surface area contributed by atoms with Crippen molar-refractivity contribution in [1.82, 2.24) is 0 Å². The van der Waals surface area contributed by atoms with E-state index in [4.69, 9.17) is 0 Å². The Labute approximate surface area is 165 Å². The first-order chi connectivity index (χ1) is 13.6. The molecule has 0 saturated carbocycles. The molecule has 0 fully saturated rings. The highest BCUT2D eigenvalue weighted by molar-refractivity contribution is 5.86. The number of fused-ring (bicyclic) bond motifs is 1. The molecule has 3 nitrogen and oxygen atoms in total. The number of nitrogens with one attached hydrogen (secondary N) is 2. The van der Waals surface area contributed by atoms with Gasteiger partial charge in [-0.3, -0.25) is 0 Å². The largest absolute Gasteiger partial charge is 0.506 e. The Kier molecular flexibility index (Phi) is 5.09. The molecule has 1 heterocycles. The molecular formula is C25H26N2O+2. The number of aromatic nitrogens is 1. The van der Waals surface area contributed by atoms with Crippen LogP contribution in [0.4, 0.5) is 0 Å². The van der Waals surface area contributed by atoms with E-state index in [-0.39, 0.29) is 0 Å². The van der Waals surface area contributed by atoms with Crippen molar-refractivity contribution >= 4 is 10.9 Å². The third kappa shape index (κ3) is 3.75. The molecule has 0 radical (unpaired) electrons. The van der Waals surface area contributed by atoms with Crippen LogP contribution in [0.15, 0.2) is 78.9 Å². The van der Waals surface area contributed by atoms with Gasteiger partial charge in [0.15, 0.2) is 0 Å². The van der Waals surface area contributed by atoms with Gasteiger partial charge in [0.1, 0.15) is 24.4 Å². The fourth-order valence-corrected chi connectivity index (χ4v) is 3.79. The van der Waals surface area contributed by atoms with Gasteiger partial charge in [-0.25, -0.2) is 4.98 Å². The average Bonchev–Trinajstić information content (AvgIpc) is 2.72. The SMILES string of the molecule is Cc1ccc2[nH+]c(-c3ccccc3)c(C[NH+](C)Cc3ccccc3)c(O)c2c1. The van der Waals surface area contributed by atoms with Gasteiger partial charge in [0.25, 0.3) is 0 Å². The number of H-pyrrole nitrogens is 1. The van der Waals surface area contributed by atoms with E-state index >= 15 is 0 Å². The van der Waals surface area contributed by atoms with Gasteiger partial charge in [-0.2, -0.15) is 0 Å². The van der Waals surface area contributed by atoms with Crippen molar-refractivity contribution in [2.24, 2.45) is 0 Å². The van der Waals surface area contributed by atoms with Gasteiger partial charge in [0.2, 0.25) is 11.2 Å². The van der Waals surface area contributed by atoms with Crippen LogP contribution in [0.1, 0.15) is 16.7 Å². The summed E-state index contributed by atoms with van der Waals surface area (Å²) in [5, 5.41) is 12.1.